The number of fused-ring (bicyclic) bond motifs is 2. The van der Waals surface area contributed by atoms with Gasteiger partial charge in [0.1, 0.15) is 10.6 Å². The van der Waals surface area contributed by atoms with Gasteiger partial charge in [-0.1, -0.05) is 6.92 Å². The predicted octanol–water partition coefficient (Wildman–Crippen LogP) is 3.05. The third-order valence-corrected chi connectivity index (χ3v) is 6.83. The summed E-state index contributed by atoms with van der Waals surface area (Å²) in [5, 5.41) is 8.26. The Balaban J connectivity index is 1.54. The van der Waals surface area contributed by atoms with Crippen molar-refractivity contribution in [1.29, 1.82) is 0 Å². The fourth-order valence-corrected chi connectivity index (χ4v) is 4.78. The molecule has 0 saturated carbocycles. The molecule has 0 amide bonds. The summed E-state index contributed by atoms with van der Waals surface area (Å²) in [6, 6.07) is 2.44. The van der Waals surface area contributed by atoms with Crippen LogP contribution in [-0.4, -0.2) is 58.5 Å². The molecule has 3 aromatic rings. The molecule has 34 heavy (non-hydrogen) atoms. The van der Waals surface area contributed by atoms with E-state index in [-0.39, 0.29) is 43.7 Å². The van der Waals surface area contributed by atoms with Crippen LogP contribution in [0.3, 0.4) is 0 Å². The van der Waals surface area contributed by atoms with E-state index in [1.165, 1.54) is 30.0 Å². The number of esters is 2. The smallest absolute Gasteiger partial charge is 0.319 e. The molecule has 0 radical (unpaired) electrons. The van der Waals surface area contributed by atoms with E-state index in [1.807, 2.05) is 6.20 Å². The van der Waals surface area contributed by atoms with Gasteiger partial charge >= 0.3 is 17.9 Å². The van der Waals surface area contributed by atoms with Crippen molar-refractivity contribution in [3.8, 4) is 6.01 Å². The molecule has 0 saturated heterocycles. The number of anilines is 1. The second kappa shape index (κ2) is 10.8. The molecule has 182 valence electrons. The minimum absolute atomic E-state index is 0.163. The van der Waals surface area contributed by atoms with Crippen molar-refractivity contribution in [2.24, 2.45) is 5.92 Å². The molecule has 1 N–H and O–H groups in total. The maximum atomic E-state index is 11.3. The third kappa shape index (κ3) is 5.82. The number of thiophene rings is 1. The van der Waals surface area contributed by atoms with Crippen molar-refractivity contribution in [2.75, 3.05) is 31.3 Å². The van der Waals surface area contributed by atoms with Crippen molar-refractivity contribution >= 4 is 39.3 Å². The molecule has 4 rings (SSSR count). The number of rotatable bonds is 10. The second-order valence-electron chi connectivity index (χ2n) is 8.27. The summed E-state index contributed by atoms with van der Waals surface area (Å²) in [5.41, 5.74) is 2.33. The van der Waals surface area contributed by atoms with Crippen LogP contribution in [0.25, 0.3) is 10.2 Å². The monoisotopic (exact) mass is 487 g/mol. The standard InChI is InChI=1S/C23H29N5O5S/c1-4-18-9-19-21(28-7-5-20-17(11-28)10-24-27-20)25-23(26-22(19)34-18)33-13-16(12-32-15(3)30)6-8-31-14(2)29/h9-10,16H,4-8,11-13H2,1-3H3,(H,24,27). The molecular weight excluding hydrogens is 458 g/mol. The van der Waals surface area contributed by atoms with E-state index in [0.717, 1.165) is 35.4 Å². The number of aromatic amines is 1. The molecule has 0 fully saturated rings. The number of H-pyrrole nitrogens is 1. The molecule has 11 heteroatoms. The van der Waals surface area contributed by atoms with Gasteiger partial charge in [-0.15, -0.1) is 11.3 Å². The maximum Gasteiger partial charge on any atom is 0.319 e. The summed E-state index contributed by atoms with van der Waals surface area (Å²) in [5.74, 6) is -0.0348. The predicted molar refractivity (Wildman–Crippen MR) is 127 cm³/mol. The van der Waals surface area contributed by atoms with Crippen LogP contribution in [0.4, 0.5) is 5.82 Å². The zero-order valence-corrected chi connectivity index (χ0v) is 20.4. The topological polar surface area (TPSA) is 120 Å². The van der Waals surface area contributed by atoms with Crippen molar-refractivity contribution in [3.05, 3.63) is 28.4 Å². The molecular formula is C23H29N5O5S. The number of nitrogens with one attached hydrogen (secondary N) is 1. The van der Waals surface area contributed by atoms with E-state index in [2.05, 4.69) is 33.1 Å². The fraction of sp³-hybridized carbons (Fsp3) is 0.522. The molecule has 4 heterocycles. The van der Waals surface area contributed by atoms with Crippen LogP contribution in [0.5, 0.6) is 6.01 Å². The lowest BCUT2D eigenvalue weighted by atomic mass is 10.1. The zero-order valence-electron chi connectivity index (χ0n) is 19.6. The summed E-state index contributed by atoms with van der Waals surface area (Å²) in [6.45, 7) is 7.00. The molecule has 0 spiro atoms. The third-order valence-electron chi connectivity index (χ3n) is 5.65. The summed E-state index contributed by atoms with van der Waals surface area (Å²) in [7, 11) is 0. The summed E-state index contributed by atoms with van der Waals surface area (Å²) < 4.78 is 16.2. The van der Waals surface area contributed by atoms with Crippen LogP contribution in [0.1, 0.15) is 43.3 Å². The number of carbonyl (C=O) groups excluding carboxylic acids is 2. The lowest BCUT2D eigenvalue weighted by molar-refractivity contribution is -0.145. The number of aromatic nitrogens is 4. The Morgan fingerprint density at radius 1 is 1.21 bits per heavy atom. The lowest BCUT2D eigenvalue weighted by Crippen LogP contribution is -2.31. The highest BCUT2D eigenvalue weighted by atomic mass is 32.1. The van der Waals surface area contributed by atoms with Crippen LogP contribution in [-0.2, 0) is 38.4 Å². The molecule has 1 unspecified atom stereocenters. The molecule has 10 nitrogen and oxygen atoms in total. The number of hydrogen-bond acceptors (Lipinski definition) is 10. The first-order chi connectivity index (χ1) is 16.4. The van der Waals surface area contributed by atoms with Gasteiger partial charge in [0.2, 0.25) is 0 Å². The minimum atomic E-state index is -0.369. The molecule has 1 atom stereocenters. The Bertz CT molecular complexity index is 1160. The van der Waals surface area contributed by atoms with Crippen molar-refractivity contribution in [1.82, 2.24) is 20.2 Å². The van der Waals surface area contributed by atoms with Crippen LogP contribution >= 0.6 is 11.3 Å². The first-order valence-corrected chi connectivity index (χ1v) is 12.2. The van der Waals surface area contributed by atoms with Gasteiger partial charge in [0.25, 0.3) is 0 Å². The zero-order chi connectivity index (χ0) is 24.1. The van der Waals surface area contributed by atoms with E-state index in [0.29, 0.717) is 13.0 Å². The molecule has 0 aromatic carbocycles. The highest BCUT2D eigenvalue weighted by Crippen LogP contribution is 2.35. The van der Waals surface area contributed by atoms with E-state index < -0.39 is 0 Å². The number of nitrogens with zero attached hydrogens (tertiary/aromatic N) is 4. The van der Waals surface area contributed by atoms with Crippen molar-refractivity contribution in [2.45, 2.75) is 46.6 Å². The quantitative estimate of drug-likeness (QED) is 0.430. The second-order valence-corrected chi connectivity index (χ2v) is 9.38. The lowest BCUT2D eigenvalue weighted by Gasteiger charge is -2.28. The highest BCUT2D eigenvalue weighted by molar-refractivity contribution is 7.18. The van der Waals surface area contributed by atoms with E-state index in [1.54, 1.807) is 11.3 Å². The minimum Gasteiger partial charge on any atom is -0.466 e. The molecule has 1 aliphatic heterocycles. The summed E-state index contributed by atoms with van der Waals surface area (Å²) in [6.07, 6.45) is 4.15. The average Bonchev–Trinajstić information content (AvgIpc) is 3.45. The maximum absolute atomic E-state index is 11.3. The summed E-state index contributed by atoms with van der Waals surface area (Å²) >= 11 is 1.64. The number of aryl methyl sites for hydroxylation is 1. The van der Waals surface area contributed by atoms with Gasteiger partial charge in [-0.25, -0.2) is 0 Å². The number of ether oxygens (including phenoxy) is 3. The first kappa shape index (κ1) is 23.9. The van der Waals surface area contributed by atoms with Gasteiger partial charge in [0.05, 0.1) is 31.4 Å². The van der Waals surface area contributed by atoms with Gasteiger partial charge in [-0.2, -0.15) is 15.1 Å². The molecule has 0 bridgehead atoms. The van der Waals surface area contributed by atoms with Crippen molar-refractivity contribution < 1.29 is 23.8 Å². The van der Waals surface area contributed by atoms with Crippen LogP contribution in [0.2, 0.25) is 0 Å². The van der Waals surface area contributed by atoms with Gasteiger partial charge < -0.3 is 19.1 Å². The largest absolute Gasteiger partial charge is 0.466 e. The highest BCUT2D eigenvalue weighted by Gasteiger charge is 2.23. The van der Waals surface area contributed by atoms with Gasteiger partial charge in [-0.3, -0.25) is 14.7 Å². The SMILES string of the molecule is CCc1cc2c(N3CCc4[nH]ncc4C3)nc(OCC(CCOC(C)=O)COC(C)=O)nc2s1. The van der Waals surface area contributed by atoms with Crippen LogP contribution in [0.15, 0.2) is 12.3 Å². The first-order valence-electron chi connectivity index (χ1n) is 11.4. The normalized spacial score (nSPS) is 14.0. The van der Waals surface area contributed by atoms with E-state index in [4.69, 9.17) is 19.2 Å². The van der Waals surface area contributed by atoms with E-state index in [9.17, 15) is 9.59 Å². The molecule has 1 aliphatic rings. The molecule has 0 aliphatic carbocycles. The number of hydrogen-bond donors (Lipinski definition) is 1. The Morgan fingerprint density at radius 2 is 2.03 bits per heavy atom. The molecule has 3 aromatic heterocycles. The fourth-order valence-electron chi connectivity index (χ4n) is 3.83. The Kier molecular flexibility index (Phi) is 7.61. The van der Waals surface area contributed by atoms with Gasteiger partial charge in [-0.05, 0) is 18.9 Å². The summed E-state index contributed by atoms with van der Waals surface area (Å²) in [4.78, 5) is 36.2. The Morgan fingerprint density at radius 3 is 2.79 bits per heavy atom. The Labute approximate surface area is 201 Å². The Hall–Kier alpha value is -3.21. The van der Waals surface area contributed by atoms with E-state index >= 15 is 0 Å². The number of carbonyl (C=O) groups is 2. The average molecular weight is 488 g/mol. The van der Waals surface area contributed by atoms with Crippen molar-refractivity contribution in [3.63, 3.8) is 0 Å². The van der Waals surface area contributed by atoms with Gasteiger partial charge in [0.15, 0.2) is 0 Å². The van der Waals surface area contributed by atoms with Crippen LogP contribution in [0, 0.1) is 5.92 Å². The van der Waals surface area contributed by atoms with Gasteiger partial charge in [0, 0.05) is 55.4 Å². The van der Waals surface area contributed by atoms with Crippen LogP contribution < -0.4 is 9.64 Å².